The van der Waals surface area contributed by atoms with E-state index in [2.05, 4.69) is 22.9 Å². The molecule has 0 radical (unpaired) electrons. The molecule has 0 aromatic heterocycles. The van der Waals surface area contributed by atoms with Crippen molar-refractivity contribution in [2.75, 3.05) is 32.8 Å². The largest absolute Gasteiger partial charge is 0.379 e. The predicted octanol–water partition coefficient (Wildman–Crippen LogP) is 0.0335. The van der Waals surface area contributed by atoms with Crippen LogP contribution < -0.4 is 16.0 Å². The molecular formula is C14H27N3O3. The van der Waals surface area contributed by atoms with Crippen molar-refractivity contribution in [3.05, 3.63) is 0 Å². The van der Waals surface area contributed by atoms with E-state index >= 15 is 0 Å². The first-order valence-corrected chi connectivity index (χ1v) is 7.54. The third-order valence-electron chi connectivity index (χ3n) is 3.30. The number of rotatable bonds is 9. The second-order valence-electron chi connectivity index (χ2n) is 5.10. The Kier molecular flexibility index (Phi) is 8.22. The van der Waals surface area contributed by atoms with E-state index in [0.717, 1.165) is 19.4 Å². The molecule has 0 saturated carbocycles. The van der Waals surface area contributed by atoms with Gasteiger partial charge in [0, 0.05) is 25.6 Å². The topological polar surface area (TPSA) is 79.5 Å². The van der Waals surface area contributed by atoms with Crippen LogP contribution in [0.2, 0.25) is 0 Å². The van der Waals surface area contributed by atoms with Crippen LogP contribution in [-0.2, 0) is 14.3 Å². The Bertz CT molecular complexity index is 310. The first-order valence-electron chi connectivity index (χ1n) is 7.54. The molecule has 2 amide bonds. The van der Waals surface area contributed by atoms with Gasteiger partial charge in [0.2, 0.25) is 11.8 Å². The minimum atomic E-state index is -0.153. The highest BCUT2D eigenvalue weighted by Crippen LogP contribution is 2.13. The maximum Gasteiger partial charge on any atom is 0.227 e. The van der Waals surface area contributed by atoms with Crippen LogP contribution in [0.3, 0.4) is 0 Å². The van der Waals surface area contributed by atoms with Crippen molar-refractivity contribution in [1.29, 1.82) is 0 Å². The molecule has 1 aliphatic rings. The number of ether oxygens (including phenoxy) is 1. The maximum absolute atomic E-state index is 12.1. The van der Waals surface area contributed by atoms with E-state index < -0.39 is 0 Å². The minimum Gasteiger partial charge on any atom is -0.379 e. The second-order valence-corrected chi connectivity index (χ2v) is 5.10. The molecule has 0 aliphatic carbocycles. The van der Waals surface area contributed by atoms with Crippen molar-refractivity contribution >= 4 is 11.8 Å². The Morgan fingerprint density at radius 2 is 1.80 bits per heavy atom. The molecular weight excluding hydrogens is 258 g/mol. The molecule has 3 N–H and O–H groups in total. The number of carbonyl (C=O) groups is 2. The highest BCUT2D eigenvalue weighted by molar-refractivity contribution is 5.81. The summed E-state index contributed by atoms with van der Waals surface area (Å²) in [6.45, 7) is 7.08. The number of hydrogen-bond donors (Lipinski definition) is 3. The summed E-state index contributed by atoms with van der Waals surface area (Å²) in [5.41, 5.74) is 0. The fraction of sp³-hybridized carbons (Fsp3) is 0.857. The zero-order valence-electron chi connectivity index (χ0n) is 12.5. The van der Waals surface area contributed by atoms with Crippen LogP contribution in [0.15, 0.2) is 0 Å². The average Bonchev–Trinajstić information content (AvgIpc) is 2.91. The van der Waals surface area contributed by atoms with E-state index in [1.807, 2.05) is 6.92 Å². The number of carbonyl (C=O) groups excluding carboxylic acids is 2. The molecule has 1 saturated heterocycles. The van der Waals surface area contributed by atoms with Gasteiger partial charge in [-0.1, -0.05) is 13.8 Å². The van der Waals surface area contributed by atoms with Crippen LogP contribution in [0.5, 0.6) is 0 Å². The molecule has 0 spiro atoms. The highest BCUT2D eigenvalue weighted by Gasteiger charge is 2.33. The number of hydrogen-bond acceptors (Lipinski definition) is 4. The highest BCUT2D eigenvalue weighted by atomic mass is 16.5. The Balaban J connectivity index is 2.22. The van der Waals surface area contributed by atoms with Crippen molar-refractivity contribution in [3.63, 3.8) is 0 Å². The van der Waals surface area contributed by atoms with Crippen LogP contribution >= 0.6 is 0 Å². The molecule has 0 bridgehead atoms. The van der Waals surface area contributed by atoms with Crippen LogP contribution in [0.1, 0.15) is 33.1 Å². The summed E-state index contributed by atoms with van der Waals surface area (Å²) in [6, 6.07) is 0.0869. The molecule has 1 fully saturated rings. The first kappa shape index (κ1) is 16.9. The van der Waals surface area contributed by atoms with Gasteiger partial charge >= 0.3 is 0 Å². The van der Waals surface area contributed by atoms with Crippen LogP contribution in [0, 0.1) is 5.92 Å². The molecule has 20 heavy (non-hydrogen) atoms. The molecule has 1 aliphatic heterocycles. The van der Waals surface area contributed by atoms with Gasteiger partial charge in [0.05, 0.1) is 19.1 Å². The molecule has 116 valence electrons. The summed E-state index contributed by atoms with van der Waals surface area (Å²) in [5.74, 6) is -0.199. The summed E-state index contributed by atoms with van der Waals surface area (Å²) < 4.78 is 5.37. The minimum absolute atomic E-state index is 0.0181. The van der Waals surface area contributed by atoms with Gasteiger partial charge in [0.25, 0.3) is 0 Å². The quantitative estimate of drug-likeness (QED) is 0.558. The lowest BCUT2D eigenvalue weighted by Crippen LogP contribution is -2.44. The molecule has 0 aromatic rings. The Hall–Kier alpha value is -1.14. The SMILES string of the molecule is CCCNC(=O)CCNC(=O)C1COCC1NCCC. The van der Waals surface area contributed by atoms with Gasteiger partial charge < -0.3 is 20.7 Å². The van der Waals surface area contributed by atoms with E-state index in [-0.39, 0.29) is 23.8 Å². The summed E-state index contributed by atoms with van der Waals surface area (Å²) in [7, 11) is 0. The summed E-state index contributed by atoms with van der Waals surface area (Å²) in [6.07, 6.45) is 2.27. The van der Waals surface area contributed by atoms with Gasteiger partial charge in [-0.25, -0.2) is 0 Å². The smallest absolute Gasteiger partial charge is 0.227 e. The van der Waals surface area contributed by atoms with Crippen LogP contribution in [0.25, 0.3) is 0 Å². The van der Waals surface area contributed by atoms with E-state index in [9.17, 15) is 9.59 Å². The van der Waals surface area contributed by atoms with E-state index in [1.165, 1.54) is 0 Å². The normalized spacial score (nSPS) is 21.7. The molecule has 1 rings (SSSR count). The summed E-state index contributed by atoms with van der Waals surface area (Å²) >= 11 is 0. The van der Waals surface area contributed by atoms with Crippen molar-refractivity contribution in [2.45, 2.75) is 39.2 Å². The van der Waals surface area contributed by atoms with Crippen LogP contribution in [0.4, 0.5) is 0 Å². The molecule has 2 unspecified atom stereocenters. The fourth-order valence-corrected chi connectivity index (χ4v) is 2.13. The predicted molar refractivity (Wildman–Crippen MR) is 77.3 cm³/mol. The standard InChI is InChI=1S/C14H27N3O3/c1-3-6-15-12-10-20-9-11(12)14(19)17-8-5-13(18)16-7-4-2/h11-12,15H,3-10H2,1-2H3,(H,16,18)(H,17,19). The Morgan fingerprint density at radius 3 is 2.50 bits per heavy atom. The van der Waals surface area contributed by atoms with Crippen molar-refractivity contribution in [2.24, 2.45) is 5.92 Å². The molecule has 1 heterocycles. The Morgan fingerprint density at radius 1 is 1.05 bits per heavy atom. The monoisotopic (exact) mass is 285 g/mol. The van der Waals surface area contributed by atoms with E-state index in [1.54, 1.807) is 0 Å². The van der Waals surface area contributed by atoms with Gasteiger partial charge in [0.15, 0.2) is 0 Å². The van der Waals surface area contributed by atoms with Crippen molar-refractivity contribution in [1.82, 2.24) is 16.0 Å². The van der Waals surface area contributed by atoms with Crippen molar-refractivity contribution < 1.29 is 14.3 Å². The summed E-state index contributed by atoms with van der Waals surface area (Å²) in [5, 5.41) is 8.93. The third-order valence-corrected chi connectivity index (χ3v) is 3.30. The zero-order valence-corrected chi connectivity index (χ0v) is 12.5. The van der Waals surface area contributed by atoms with E-state index in [0.29, 0.717) is 32.7 Å². The van der Waals surface area contributed by atoms with Gasteiger partial charge in [-0.3, -0.25) is 9.59 Å². The van der Waals surface area contributed by atoms with Gasteiger partial charge in [-0.2, -0.15) is 0 Å². The molecule has 2 atom stereocenters. The Labute approximate surface area is 121 Å². The first-order chi connectivity index (χ1) is 9.69. The second kappa shape index (κ2) is 9.72. The van der Waals surface area contributed by atoms with Gasteiger partial charge in [-0.05, 0) is 19.4 Å². The fourth-order valence-electron chi connectivity index (χ4n) is 2.13. The number of amides is 2. The van der Waals surface area contributed by atoms with E-state index in [4.69, 9.17) is 4.74 Å². The lowest BCUT2D eigenvalue weighted by molar-refractivity contribution is -0.125. The molecule has 6 heteroatoms. The number of nitrogens with one attached hydrogen (secondary N) is 3. The molecule has 0 aromatic carbocycles. The maximum atomic E-state index is 12.1. The lowest BCUT2D eigenvalue weighted by atomic mass is 10.0. The van der Waals surface area contributed by atoms with Gasteiger partial charge in [0.1, 0.15) is 0 Å². The van der Waals surface area contributed by atoms with Crippen molar-refractivity contribution in [3.8, 4) is 0 Å². The van der Waals surface area contributed by atoms with Gasteiger partial charge in [-0.15, -0.1) is 0 Å². The third kappa shape index (κ3) is 5.88. The lowest BCUT2D eigenvalue weighted by Gasteiger charge is -2.18. The zero-order chi connectivity index (χ0) is 14.8. The molecule has 6 nitrogen and oxygen atoms in total. The average molecular weight is 285 g/mol. The summed E-state index contributed by atoms with van der Waals surface area (Å²) in [4.78, 5) is 23.5. The van der Waals surface area contributed by atoms with Crippen LogP contribution in [-0.4, -0.2) is 50.7 Å².